The van der Waals surface area contributed by atoms with Crippen molar-refractivity contribution in [2.45, 2.75) is 39.0 Å². The van der Waals surface area contributed by atoms with Gasteiger partial charge in [0.05, 0.1) is 7.11 Å². The van der Waals surface area contributed by atoms with Crippen molar-refractivity contribution in [1.82, 2.24) is 5.32 Å². The number of carbonyl (C=O) groups is 2. The minimum absolute atomic E-state index is 0.336. The summed E-state index contributed by atoms with van der Waals surface area (Å²) in [6, 6.07) is 6.23. The van der Waals surface area contributed by atoms with E-state index in [0.29, 0.717) is 12.1 Å². The van der Waals surface area contributed by atoms with Crippen LogP contribution in [0.5, 0.6) is 0 Å². The molecule has 1 atom stereocenters. The molecular formula is C15H22N2O4. The number of hydrogen-bond acceptors (Lipinski definition) is 5. The molecule has 0 saturated heterocycles. The largest absolute Gasteiger partial charge is 0.468 e. The quantitative estimate of drug-likeness (QED) is 0.827. The zero-order chi connectivity index (χ0) is 16.0. The highest BCUT2D eigenvalue weighted by Crippen LogP contribution is 2.13. The number of alkyl carbamates (subject to hydrolysis) is 1. The lowest BCUT2D eigenvalue weighted by molar-refractivity contribution is -0.142. The van der Waals surface area contributed by atoms with Gasteiger partial charge in [-0.15, -0.1) is 0 Å². The standard InChI is InChI=1S/C15H22N2O4/c1-15(2,3)21-14(19)17-9-10-5-7-11(8-6-10)12(16)13(18)20-4/h5-8,12H,9,16H2,1-4H3,(H,17,19). The van der Waals surface area contributed by atoms with Crippen LogP contribution in [-0.4, -0.2) is 24.8 Å². The fourth-order valence-electron chi connectivity index (χ4n) is 1.59. The Kier molecular flexibility index (Phi) is 5.72. The van der Waals surface area contributed by atoms with Gasteiger partial charge >= 0.3 is 12.1 Å². The van der Waals surface area contributed by atoms with Crippen molar-refractivity contribution in [3.8, 4) is 0 Å². The Morgan fingerprint density at radius 2 is 1.81 bits per heavy atom. The van der Waals surface area contributed by atoms with Crippen LogP contribution in [0.2, 0.25) is 0 Å². The Labute approximate surface area is 124 Å². The maximum Gasteiger partial charge on any atom is 0.407 e. The number of methoxy groups -OCH3 is 1. The molecule has 0 saturated carbocycles. The molecule has 0 aliphatic carbocycles. The molecule has 0 heterocycles. The Bertz CT molecular complexity index is 491. The van der Waals surface area contributed by atoms with Crippen LogP contribution in [0.25, 0.3) is 0 Å². The van der Waals surface area contributed by atoms with E-state index in [1.807, 2.05) is 0 Å². The van der Waals surface area contributed by atoms with Crippen LogP contribution in [0, 0.1) is 0 Å². The predicted octanol–water partition coefficient (Wildman–Crippen LogP) is 1.88. The fourth-order valence-corrected chi connectivity index (χ4v) is 1.59. The minimum atomic E-state index is -0.803. The third-order valence-electron chi connectivity index (χ3n) is 2.63. The number of benzene rings is 1. The molecule has 116 valence electrons. The first-order valence-corrected chi connectivity index (χ1v) is 6.62. The summed E-state index contributed by atoms with van der Waals surface area (Å²) in [5, 5.41) is 2.65. The number of nitrogens with two attached hydrogens (primary N) is 1. The van der Waals surface area contributed by atoms with Gasteiger partial charge in [-0.2, -0.15) is 0 Å². The Morgan fingerprint density at radius 3 is 2.29 bits per heavy atom. The number of esters is 1. The van der Waals surface area contributed by atoms with Crippen LogP contribution in [-0.2, 0) is 20.8 Å². The summed E-state index contributed by atoms with van der Waals surface area (Å²) in [6.45, 7) is 5.74. The lowest BCUT2D eigenvalue weighted by Gasteiger charge is -2.19. The summed E-state index contributed by atoms with van der Waals surface area (Å²) >= 11 is 0. The lowest BCUT2D eigenvalue weighted by atomic mass is 10.1. The molecule has 1 unspecified atom stereocenters. The molecule has 1 amide bonds. The zero-order valence-electron chi connectivity index (χ0n) is 12.8. The molecule has 1 rings (SSSR count). The second-order valence-corrected chi connectivity index (χ2v) is 5.60. The van der Waals surface area contributed by atoms with Crippen LogP contribution in [0.15, 0.2) is 24.3 Å². The van der Waals surface area contributed by atoms with Crippen molar-refractivity contribution >= 4 is 12.1 Å². The average Bonchev–Trinajstić information content (AvgIpc) is 2.42. The lowest BCUT2D eigenvalue weighted by Crippen LogP contribution is -2.32. The zero-order valence-corrected chi connectivity index (χ0v) is 12.8. The van der Waals surface area contributed by atoms with Gasteiger partial charge in [0, 0.05) is 6.54 Å². The van der Waals surface area contributed by atoms with Gasteiger partial charge in [0.1, 0.15) is 11.6 Å². The predicted molar refractivity (Wildman–Crippen MR) is 78.5 cm³/mol. The summed E-state index contributed by atoms with van der Waals surface area (Å²) in [5.74, 6) is -0.491. The van der Waals surface area contributed by atoms with Crippen LogP contribution < -0.4 is 11.1 Å². The number of ether oxygens (including phenoxy) is 2. The van der Waals surface area contributed by atoms with E-state index in [-0.39, 0.29) is 0 Å². The number of carbonyl (C=O) groups excluding carboxylic acids is 2. The van der Waals surface area contributed by atoms with Crippen molar-refractivity contribution in [1.29, 1.82) is 0 Å². The molecule has 6 heteroatoms. The highest BCUT2D eigenvalue weighted by molar-refractivity contribution is 5.77. The summed E-state index contributed by atoms with van der Waals surface area (Å²) in [5.41, 5.74) is 6.73. The fraction of sp³-hybridized carbons (Fsp3) is 0.467. The van der Waals surface area contributed by atoms with Gasteiger partial charge in [-0.05, 0) is 31.9 Å². The molecule has 0 aliphatic rings. The van der Waals surface area contributed by atoms with Crippen LogP contribution >= 0.6 is 0 Å². The third kappa shape index (κ3) is 5.83. The maximum atomic E-state index is 11.5. The van der Waals surface area contributed by atoms with Crippen molar-refractivity contribution in [2.75, 3.05) is 7.11 Å². The van der Waals surface area contributed by atoms with Gasteiger partial charge in [0.2, 0.25) is 0 Å². The van der Waals surface area contributed by atoms with E-state index in [4.69, 9.17) is 10.5 Å². The van der Waals surface area contributed by atoms with Gasteiger partial charge < -0.3 is 20.5 Å². The van der Waals surface area contributed by atoms with E-state index < -0.39 is 23.7 Å². The topological polar surface area (TPSA) is 90.6 Å². The van der Waals surface area contributed by atoms with Crippen molar-refractivity contribution in [2.24, 2.45) is 5.73 Å². The van der Waals surface area contributed by atoms with E-state index in [1.54, 1.807) is 45.0 Å². The number of rotatable bonds is 4. The summed E-state index contributed by atoms with van der Waals surface area (Å²) in [4.78, 5) is 22.8. The molecule has 1 aromatic carbocycles. The summed E-state index contributed by atoms with van der Waals surface area (Å²) in [7, 11) is 1.29. The number of hydrogen-bond donors (Lipinski definition) is 2. The number of nitrogens with one attached hydrogen (secondary N) is 1. The van der Waals surface area contributed by atoms with E-state index >= 15 is 0 Å². The first kappa shape index (κ1) is 17.0. The molecule has 0 aliphatic heterocycles. The van der Waals surface area contributed by atoms with E-state index in [0.717, 1.165) is 5.56 Å². The first-order chi connectivity index (χ1) is 9.73. The van der Waals surface area contributed by atoms with E-state index in [9.17, 15) is 9.59 Å². The molecule has 0 bridgehead atoms. The van der Waals surface area contributed by atoms with E-state index in [2.05, 4.69) is 10.1 Å². The highest BCUT2D eigenvalue weighted by atomic mass is 16.6. The molecule has 0 radical (unpaired) electrons. The van der Waals surface area contributed by atoms with Gasteiger partial charge in [-0.3, -0.25) is 4.79 Å². The van der Waals surface area contributed by atoms with Crippen molar-refractivity contribution in [3.05, 3.63) is 35.4 Å². The Hall–Kier alpha value is -2.08. The monoisotopic (exact) mass is 294 g/mol. The van der Waals surface area contributed by atoms with Gasteiger partial charge in [0.15, 0.2) is 0 Å². The molecule has 1 aromatic rings. The van der Waals surface area contributed by atoms with Gasteiger partial charge in [0.25, 0.3) is 0 Å². The van der Waals surface area contributed by atoms with Crippen LogP contribution in [0.3, 0.4) is 0 Å². The van der Waals surface area contributed by atoms with Gasteiger partial charge in [-0.1, -0.05) is 24.3 Å². The number of amides is 1. The summed E-state index contributed by atoms with van der Waals surface area (Å²) in [6.07, 6.45) is -0.474. The van der Waals surface area contributed by atoms with Crippen molar-refractivity contribution < 1.29 is 19.1 Å². The smallest absolute Gasteiger partial charge is 0.407 e. The maximum absolute atomic E-state index is 11.5. The van der Waals surface area contributed by atoms with E-state index in [1.165, 1.54) is 7.11 Å². The SMILES string of the molecule is COC(=O)C(N)c1ccc(CNC(=O)OC(C)(C)C)cc1. The average molecular weight is 294 g/mol. The van der Waals surface area contributed by atoms with Crippen LogP contribution in [0.1, 0.15) is 37.9 Å². The summed E-state index contributed by atoms with van der Waals surface area (Å²) < 4.78 is 9.72. The van der Waals surface area contributed by atoms with Gasteiger partial charge in [-0.25, -0.2) is 4.79 Å². The molecule has 3 N–H and O–H groups in total. The Balaban J connectivity index is 2.55. The molecular weight excluding hydrogens is 272 g/mol. The minimum Gasteiger partial charge on any atom is -0.468 e. The molecule has 0 spiro atoms. The third-order valence-corrected chi connectivity index (χ3v) is 2.63. The highest BCUT2D eigenvalue weighted by Gasteiger charge is 2.17. The second kappa shape index (κ2) is 7.08. The molecule has 0 aromatic heterocycles. The first-order valence-electron chi connectivity index (χ1n) is 6.62. The van der Waals surface area contributed by atoms with Crippen molar-refractivity contribution in [3.63, 3.8) is 0 Å². The molecule has 21 heavy (non-hydrogen) atoms. The molecule has 6 nitrogen and oxygen atoms in total. The second-order valence-electron chi connectivity index (χ2n) is 5.60. The van der Waals surface area contributed by atoms with Crippen LogP contribution in [0.4, 0.5) is 4.79 Å². The molecule has 0 fully saturated rings. The Morgan fingerprint density at radius 1 is 1.24 bits per heavy atom. The normalized spacial score (nSPS) is 12.4.